The molecule has 1 aliphatic rings. The summed E-state index contributed by atoms with van der Waals surface area (Å²) in [6, 6.07) is 6.13. The average molecular weight is 246 g/mol. The Morgan fingerprint density at radius 3 is 3.06 bits per heavy atom. The van der Waals surface area contributed by atoms with Crippen LogP contribution in [-0.4, -0.2) is 12.5 Å². The number of carbonyl (C=O) groups excluding carboxylic acids is 1. The fourth-order valence-corrected chi connectivity index (χ4v) is 2.20. The molecule has 2 rings (SSSR count). The lowest BCUT2D eigenvalue weighted by molar-refractivity contribution is -0.116. The molecule has 0 saturated heterocycles. The number of benzene rings is 1. The first-order chi connectivity index (χ1) is 8.65. The number of fused-ring (bicyclic) bond motifs is 1. The number of rotatable bonds is 4. The Morgan fingerprint density at radius 1 is 1.44 bits per heavy atom. The molecule has 3 heteroatoms. The van der Waals surface area contributed by atoms with E-state index in [4.69, 9.17) is 0 Å². The number of anilines is 2. The van der Waals surface area contributed by atoms with Crippen LogP contribution in [-0.2, 0) is 11.2 Å². The second-order valence-electron chi connectivity index (χ2n) is 5.38. The first kappa shape index (κ1) is 12.9. The van der Waals surface area contributed by atoms with Crippen LogP contribution in [0.5, 0.6) is 0 Å². The van der Waals surface area contributed by atoms with Gasteiger partial charge in [-0.05, 0) is 48.9 Å². The van der Waals surface area contributed by atoms with Crippen LogP contribution < -0.4 is 10.6 Å². The summed E-state index contributed by atoms with van der Waals surface area (Å²) < 4.78 is 0. The van der Waals surface area contributed by atoms with E-state index < -0.39 is 0 Å². The minimum Gasteiger partial charge on any atom is -0.385 e. The molecule has 1 aromatic carbocycles. The van der Waals surface area contributed by atoms with E-state index in [1.54, 1.807) is 0 Å². The van der Waals surface area contributed by atoms with Crippen LogP contribution in [0, 0.1) is 5.92 Å². The fourth-order valence-electron chi connectivity index (χ4n) is 2.20. The molecule has 18 heavy (non-hydrogen) atoms. The smallest absolute Gasteiger partial charge is 0.224 e. The highest BCUT2D eigenvalue weighted by Gasteiger charge is 2.10. The number of hydrogen-bond acceptors (Lipinski definition) is 2. The molecule has 0 aliphatic carbocycles. The third kappa shape index (κ3) is 3.49. The standard InChI is InChI=1S/C15H22N2O/c1-11(2)5-8-15(18)17-13-6-7-14-12(10-13)4-3-9-16-14/h6-7,10-11,16H,3-5,8-9H2,1-2H3,(H,17,18). The zero-order valence-corrected chi connectivity index (χ0v) is 11.3. The minimum absolute atomic E-state index is 0.118. The molecule has 1 amide bonds. The van der Waals surface area contributed by atoms with Crippen LogP contribution in [0.2, 0.25) is 0 Å². The van der Waals surface area contributed by atoms with Crippen molar-refractivity contribution >= 4 is 17.3 Å². The Balaban J connectivity index is 1.95. The molecule has 0 atom stereocenters. The Bertz CT molecular complexity index is 427. The van der Waals surface area contributed by atoms with Crippen molar-refractivity contribution in [2.75, 3.05) is 17.2 Å². The van der Waals surface area contributed by atoms with Crippen molar-refractivity contribution in [1.29, 1.82) is 0 Å². The van der Waals surface area contributed by atoms with E-state index in [2.05, 4.69) is 36.6 Å². The summed E-state index contributed by atoms with van der Waals surface area (Å²) >= 11 is 0. The lowest BCUT2D eigenvalue weighted by Gasteiger charge is -2.18. The van der Waals surface area contributed by atoms with Gasteiger partial charge in [0.15, 0.2) is 0 Å². The van der Waals surface area contributed by atoms with Gasteiger partial charge in [0.05, 0.1) is 0 Å². The molecule has 98 valence electrons. The number of amides is 1. The summed E-state index contributed by atoms with van der Waals surface area (Å²) in [5.41, 5.74) is 3.44. The van der Waals surface area contributed by atoms with Crippen molar-refractivity contribution in [2.45, 2.75) is 39.5 Å². The Morgan fingerprint density at radius 2 is 2.28 bits per heavy atom. The minimum atomic E-state index is 0.118. The molecule has 0 bridgehead atoms. The SMILES string of the molecule is CC(C)CCC(=O)Nc1ccc2c(c1)CCCN2. The molecule has 1 aromatic rings. The van der Waals surface area contributed by atoms with Gasteiger partial charge in [0, 0.05) is 24.3 Å². The van der Waals surface area contributed by atoms with Gasteiger partial charge in [0.1, 0.15) is 0 Å². The van der Waals surface area contributed by atoms with Crippen LogP contribution >= 0.6 is 0 Å². The zero-order chi connectivity index (χ0) is 13.0. The van der Waals surface area contributed by atoms with E-state index >= 15 is 0 Å². The van der Waals surface area contributed by atoms with Crippen LogP contribution in [0.4, 0.5) is 11.4 Å². The third-order valence-electron chi connectivity index (χ3n) is 3.28. The zero-order valence-electron chi connectivity index (χ0n) is 11.3. The van der Waals surface area contributed by atoms with Crippen molar-refractivity contribution in [3.05, 3.63) is 23.8 Å². The topological polar surface area (TPSA) is 41.1 Å². The maximum Gasteiger partial charge on any atom is 0.224 e. The number of aryl methyl sites for hydroxylation is 1. The summed E-state index contributed by atoms with van der Waals surface area (Å²) in [5, 5.41) is 6.35. The summed E-state index contributed by atoms with van der Waals surface area (Å²) in [5.74, 6) is 0.691. The average Bonchev–Trinajstić information content (AvgIpc) is 2.36. The largest absolute Gasteiger partial charge is 0.385 e. The van der Waals surface area contributed by atoms with Gasteiger partial charge in [-0.3, -0.25) is 4.79 Å². The van der Waals surface area contributed by atoms with E-state index in [1.807, 2.05) is 6.07 Å². The molecule has 0 aromatic heterocycles. The molecule has 0 saturated carbocycles. The van der Waals surface area contributed by atoms with Gasteiger partial charge in [0.2, 0.25) is 5.91 Å². The highest BCUT2D eigenvalue weighted by molar-refractivity contribution is 5.91. The first-order valence-electron chi connectivity index (χ1n) is 6.82. The number of carbonyl (C=O) groups is 1. The van der Waals surface area contributed by atoms with Crippen molar-refractivity contribution in [2.24, 2.45) is 5.92 Å². The maximum absolute atomic E-state index is 11.8. The van der Waals surface area contributed by atoms with E-state index in [1.165, 1.54) is 11.3 Å². The van der Waals surface area contributed by atoms with Crippen molar-refractivity contribution in [3.8, 4) is 0 Å². The predicted molar refractivity (Wildman–Crippen MR) is 76.0 cm³/mol. The van der Waals surface area contributed by atoms with Gasteiger partial charge in [-0.15, -0.1) is 0 Å². The molecule has 0 spiro atoms. The van der Waals surface area contributed by atoms with Crippen LogP contribution in [0.1, 0.15) is 38.7 Å². The normalized spacial score (nSPS) is 13.9. The quantitative estimate of drug-likeness (QED) is 0.854. The van der Waals surface area contributed by atoms with E-state index in [9.17, 15) is 4.79 Å². The second-order valence-corrected chi connectivity index (χ2v) is 5.38. The second kappa shape index (κ2) is 5.89. The van der Waals surface area contributed by atoms with E-state index in [0.717, 1.165) is 31.5 Å². The summed E-state index contributed by atoms with van der Waals surface area (Å²) in [7, 11) is 0. The molecular weight excluding hydrogens is 224 g/mol. The third-order valence-corrected chi connectivity index (χ3v) is 3.28. The lowest BCUT2D eigenvalue weighted by Crippen LogP contribution is -2.14. The fraction of sp³-hybridized carbons (Fsp3) is 0.533. The molecular formula is C15H22N2O. The summed E-state index contributed by atoms with van der Waals surface area (Å²) in [6.45, 7) is 5.32. The summed E-state index contributed by atoms with van der Waals surface area (Å²) in [6.07, 6.45) is 3.81. The van der Waals surface area contributed by atoms with Gasteiger partial charge < -0.3 is 10.6 Å². The van der Waals surface area contributed by atoms with Crippen LogP contribution in [0.25, 0.3) is 0 Å². The molecule has 2 N–H and O–H groups in total. The monoisotopic (exact) mass is 246 g/mol. The van der Waals surface area contributed by atoms with Crippen molar-refractivity contribution in [1.82, 2.24) is 0 Å². The van der Waals surface area contributed by atoms with Gasteiger partial charge in [0.25, 0.3) is 0 Å². The molecule has 0 radical (unpaired) electrons. The highest BCUT2D eigenvalue weighted by atomic mass is 16.1. The lowest BCUT2D eigenvalue weighted by atomic mass is 10.0. The molecule has 0 fully saturated rings. The van der Waals surface area contributed by atoms with Crippen LogP contribution in [0.3, 0.4) is 0 Å². The molecule has 0 unspecified atom stereocenters. The van der Waals surface area contributed by atoms with Gasteiger partial charge in [-0.2, -0.15) is 0 Å². The summed E-state index contributed by atoms with van der Waals surface area (Å²) in [4.78, 5) is 11.8. The predicted octanol–water partition coefficient (Wildman–Crippen LogP) is 3.42. The first-order valence-corrected chi connectivity index (χ1v) is 6.82. The maximum atomic E-state index is 11.8. The van der Waals surface area contributed by atoms with E-state index in [-0.39, 0.29) is 5.91 Å². The molecule has 3 nitrogen and oxygen atoms in total. The van der Waals surface area contributed by atoms with E-state index in [0.29, 0.717) is 12.3 Å². The number of nitrogens with one attached hydrogen (secondary N) is 2. The molecule has 1 heterocycles. The van der Waals surface area contributed by atoms with Gasteiger partial charge >= 0.3 is 0 Å². The van der Waals surface area contributed by atoms with Crippen molar-refractivity contribution in [3.63, 3.8) is 0 Å². The molecule has 1 aliphatic heterocycles. The van der Waals surface area contributed by atoms with Crippen LogP contribution in [0.15, 0.2) is 18.2 Å². The van der Waals surface area contributed by atoms with Gasteiger partial charge in [-0.1, -0.05) is 13.8 Å². The Hall–Kier alpha value is -1.51. The highest BCUT2D eigenvalue weighted by Crippen LogP contribution is 2.25. The van der Waals surface area contributed by atoms with Crippen molar-refractivity contribution < 1.29 is 4.79 Å². The number of hydrogen-bond donors (Lipinski definition) is 2. The van der Waals surface area contributed by atoms with Gasteiger partial charge in [-0.25, -0.2) is 0 Å². The Kier molecular flexibility index (Phi) is 4.24. The Labute approximate surface area is 109 Å².